The fourth-order valence-electron chi connectivity index (χ4n) is 4.32. The Kier molecular flexibility index (Phi) is 4.71. The van der Waals surface area contributed by atoms with Gasteiger partial charge in [-0.2, -0.15) is 0 Å². The van der Waals surface area contributed by atoms with Crippen LogP contribution in [0.5, 0.6) is 0 Å². The van der Waals surface area contributed by atoms with Crippen LogP contribution in [0.3, 0.4) is 0 Å². The molecule has 0 amide bonds. The Morgan fingerprint density at radius 2 is 2.00 bits per heavy atom. The molecule has 1 aliphatic carbocycles. The Morgan fingerprint density at radius 1 is 1.22 bits per heavy atom. The first-order valence-corrected chi connectivity index (χ1v) is 8.08. The van der Waals surface area contributed by atoms with Gasteiger partial charge in [-0.1, -0.05) is 33.1 Å². The van der Waals surface area contributed by atoms with Gasteiger partial charge in [-0.25, -0.2) is 0 Å². The number of hydrogen-bond acceptors (Lipinski definition) is 2. The number of likely N-dealkylation sites (tertiary alicyclic amines) is 1. The molecule has 0 aromatic rings. The van der Waals surface area contributed by atoms with Gasteiger partial charge in [0.25, 0.3) is 0 Å². The van der Waals surface area contributed by atoms with Crippen LogP contribution >= 0.6 is 0 Å². The van der Waals surface area contributed by atoms with E-state index in [0.717, 1.165) is 24.4 Å². The number of piperidine rings is 1. The highest BCUT2D eigenvalue weighted by Crippen LogP contribution is 2.41. The largest absolute Gasteiger partial charge is 0.329 e. The van der Waals surface area contributed by atoms with Crippen LogP contribution in [0.1, 0.15) is 65.7 Å². The lowest BCUT2D eigenvalue weighted by Crippen LogP contribution is -2.61. The van der Waals surface area contributed by atoms with Gasteiger partial charge in [0.15, 0.2) is 0 Å². The van der Waals surface area contributed by atoms with Crippen molar-refractivity contribution in [3.63, 3.8) is 0 Å². The molecule has 0 bridgehead atoms. The maximum Gasteiger partial charge on any atom is 0.0337 e. The molecule has 0 aromatic heterocycles. The quantitative estimate of drug-likeness (QED) is 0.834. The molecule has 1 aliphatic heterocycles. The maximum absolute atomic E-state index is 6.25. The van der Waals surface area contributed by atoms with Crippen LogP contribution < -0.4 is 5.73 Å². The van der Waals surface area contributed by atoms with Gasteiger partial charge >= 0.3 is 0 Å². The summed E-state index contributed by atoms with van der Waals surface area (Å²) in [5.41, 5.74) is 6.58. The lowest BCUT2D eigenvalue weighted by molar-refractivity contribution is -0.0256. The van der Waals surface area contributed by atoms with E-state index in [0.29, 0.717) is 5.54 Å². The van der Waals surface area contributed by atoms with Crippen molar-refractivity contribution >= 4 is 0 Å². The van der Waals surface area contributed by atoms with E-state index in [9.17, 15) is 0 Å². The summed E-state index contributed by atoms with van der Waals surface area (Å²) in [4.78, 5) is 2.79. The van der Waals surface area contributed by atoms with Crippen molar-refractivity contribution in [1.29, 1.82) is 0 Å². The van der Waals surface area contributed by atoms with Gasteiger partial charge < -0.3 is 5.73 Å². The van der Waals surface area contributed by atoms with Crippen molar-refractivity contribution in [1.82, 2.24) is 4.90 Å². The molecule has 0 spiro atoms. The maximum atomic E-state index is 6.25. The van der Waals surface area contributed by atoms with Gasteiger partial charge in [-0.3, -0.25) is 4.90 Å². The van der Waals surface area contributed by atoms with Crippen LogP contribution in [0, 0.1) is 11.8 Å². The van der Waals surface area contributed by atoms with E-state index in [1.807, 2.05) is 0 Å². The summed E-state index contributed by atoms with van der Waals surface area (Å²) in [7, 11) is 0. The van der Waals surface area contributed by atoms with Gasteiger partial charge in [0, 0.05) is 24.7 Å². The molecule has 2 heteroatoms. The third kappa shape index (κ3) is 2.75. The minimum atomic E-state index is 0.326. The molecule has 1 heterocycles. The Labute approximate surface area is 113 Å². The Balaban J connectivity index is 2.14. The molecule has 2 N–H and O–H groups in total. The van der Waals surface area contributed by atoms with Crippen LogP contribution in [0.4, 0.5) is 0 Å². The fraction of sp³-hybridized carbons (Fsp3) is 1.00. The van der Waals surface area contributed by atoms with E-state index in [-0.39, 0.29) is 0 Å². The second-order valence-electron chi connectivity index (χ2n) is 6.98. The standard InChI is InChI=1S/C16H32N2/c1-4-15-6-5-9-16(10-15,12-17)18-11-13(2)7-8-14(18)3/h13-15H,4-12,17H2,1-3H3. The average molecular weight is 252 g/mol. The Bertz CT molecular complexity index is 266. The summed E-state index contributed by atoms with van der Waals surface area (Å²) < 4.78 is 0. The zero-order chi connectivity index (χ0) is 13.2. The zero-order valence-corrected chi connectivity index (χ0v) is 12.6. The monoisotopic (exact) mass is 252 g/mol. The number of hydrogen-bond donors (Lipinski definition) is 1. The lowest BCUT2D eigenvalue weighted by atomic mass is 9.72. The van der Waals surface area contributed by atoms with E-state index in [1.165, 1.54) is 51.5 Å². The van der Waals surface area contributed by atoms with Crippen molar-refractivity contribution in [2.45, 2.75) is 77.3 Å². The van der Waals surface area contributed by atoms with Gasteiger partial charge in [-0.15, -0.1) is 0 Å². The molecule has 1 saturated heterocycles. The zero-order valence-electron chi connectivity index (χ0n) is 12.6. The number of nitrogens with zero attached hydrogens (tertiary/aromatic N) is 1. The first kappa shape index (κ1) is 14.3. The second-order valence-corrected chi connectivity index (χ2v) is 6.98. The molecule has 106 valence electrons. The molecular formula is C16H32N2. The van der Waals surface area contributed by atoms with E-state index < -0.39 is 0 Å². The highest BCUT2D eigenvalue weighted by atomic mass is 15.2. The van der Waals surface area contributed by atoms with Crippen molar-refractivity contribution in [3.8, 4) is 0 Å². The minimum Gasteiger partial charge on any atom is -0.329 e. The molecule has 2 nitrogen and oxygen atoms in total. The predicted octanol–water partition coefficient (Wildman–Crippen LogP) is 3.40. The summed E-state index contributed by atoms with van der Waals surface area (Å²) in [6.45, 7) is 9.30. The van der Waals surface area contributed by atoms with E-state index >= 15 is 0 Å². The highest BCUT2D eigenvalue weighted by Gasteiger charge is 2.43. The smallest absolute Gasteiger partial charge is 0.0337 e. The first-order valence-electron chi connectivity index (χ1n) is 8.08. The topological polar surface area (TPSA) is 29.3 Å². The Hall–Kier alpha value is -0.0800. The van der Waals surface area contributed by atoms with E-state index in [4.69, 9.17) is 5.73 Å². The van der Waals surface area contributed by atoms with Crippen molar-refractivity contribution in [3.05, 3.63) is 0 Å². The average Bonchev–Trinajstić information content (AvgIpc) is 2.41. The second kappa shape index (κ2) is 5.92. The molecule has 0 radical (unpaired) electrons. The van der Waals surface area contributed by atoms with Crippen LogP contribution in [0.15, 0.2) is 0 Å². The Morgan fingerprint density at radius 3 is 2.67 bits per heavy atom. The molecule has 2 rings (SSSR count). The van der Waals surface area contributed by atoms with Crippen molar-refractivity contribution < 1.29 is 0 Å². The van der Waals surface area contributed by atoms with E-state index in [2.05, 4.69) is 25.7 Å². The predicted molar refractivity (Wildman–Crippen MR) is 78.6 cm³/mol. The van der Waals surface area contributed by atoms with Crippen LogP contribution in [-0.2, 0) is 0 Å². The molecule has 4 unspecified atom stereocenters. The van der Waals surface area contributed by atoms with Crippen LogP contribution in [0.25, 0.3) is 0 Å². The molecule has 0 aromatic carbocycles. The molecule has 4 atom stereocenters. The summed E-state index contributed by atoms with van der Waals surface area (Å²) in [5, 5.41) is 0. The van der Waals surface area contributed by atoms with Gasteiger partial charge in [0.05, 0.1) is 0 Å². The van der Waals surface area contributed by atoms with Crippen LogP contribution in [-0.4, -0.2) is 29.6 Å². The summed E-state index contributed by atoms with van der Waals surface area (Å²) in [6.07, 6.45) is 9.58. The molecule has 1 saturated carbocycles. The molecule has 18 heavy (non-hydrogen) atoms. The first-order chi connectivity index (χ1) is 8.61. The third-order valence-corrected chi connectivity index (χ3v) is 5.61. The normalized spacial score (nSPS) is 43.0. The summed E-state index contributed by atoms with van der Waals surface area (Å²) in [6, 6.07) is 0.736. The molecule has 2 aliphatic rings. The van der Waals surface area contributed by atoms with Gasteiger partial charge in [-0.05, 0) is 44.4 Å². The fourth-order valence-corrected chi connectivity index (χ4v) is 4.32. The number of rotatable bonds is 3. The van der Waals surface area contributed by atoms with Gasteiger partial charge in [0.2, 0.25) is 0 Å². The van der Waals surface area contributed by atoms with Gasteiger partial charge in [0.1, 0.15) is 0 Å². The van der Waals surface area contributed by atoms with E-state index in [1.54, 1.807) is 0 Å². The van der Waals surface area contributed by atoms with Crippen LogP contribution in [0.2, 0.25) is 0 Å². The van der Waals surface area contributed by atoms with Crippen molar-refractivity contribution in [2.24, 2.45) is 17.6 Å². The third-order valence-electron chi connectivity index (χ3n) is 5.61. The number of nitrogens with two attached hydrogens (primary N) is 1. The summed E-state index contributed by atoms with van der Waals surface area (Å²) in [5.74, 6) is 1.76. The molecule has 2 fully saturated rings. The minimum absolute atomic E-state index is 0.326. The summed E-state index contributed by atoms with van der Waals surface area (Å²) >= 11 is 0. The molecular weight excluding hydrogens is 220 g/mol. The lowest BCUT2D eigenvalue weighted by Gasteiger charge is -2.53. The SMILES string of the molecule is CCC1CCCC(CN)(N2CC(C)CCC2C)C1. The van der Waals surface area contributed by atoms with Crippen molar-refractivity contribution in [2.75, 3.05) is 13.1 Å². The highest BCUT2D eigenvalue weighted by molar-refractivity contribution is 4.99.